The molecule has 1 aliphatic heterocycles. The van der Waals surface area contributed by atoms with Gasteiger partial charge in [0.25, 0.3) is 0 Å². The minimum Gasteiger partial charge on any atom is -0.457 e. The van der Waals surface area contributed by atoms with Gasteiger partial charge in [-0.3, -0.25) is 14.6 Å². The SMILES string of the molecule is CC1(C)CC(=O)C2=C(C1)N=C1c3ccccc3C(=O)[C@@H]1[C@H]2c1ccc(Oc2ccccc2)cc1. The molecule has 2 atom stereocenters. The summed E-state index contributed by atoms with van der Waals surface area (Å²) in [5, 5.41) is 0. The molecular weight excluding hydrogens is 422 g/mol. The highest BCUT2D eigenvalue weighted by Gasteiger charge is 2.50. The number of rotatable bonds is 3. The Kier molecular flexibility index (Phi) is 4.66. The average Bonchev–Trinajstić information content (AvgIpc) is 3.10. The summed E-state index contributed by atoms with van der Waals surface area (Å²) in [5.74, 6) is 0.823. The quantitative estimate of drug-likeness (QED) is 0.459. The van der Waals surface area contributed by atoms with Crippen molar-refractivity contribution in [1.29, 1.82) is 0 Å². The lowest BCUT2D eigenvalue weighted by atomic mass is 9.66. The van der Waals surface area contributed by atoms with Crippen LogP contribution in [-0.2, 0) is 4.79 Å². The van der Waals surface area contributed by atoms with Gasteiger partial charge in [-0.15, -0.1) is 0 Å². The van der Waals surface area contributed by atoms with Gasteiger partial charge < -0.3 is 4.74 Å². The summed E-state index contributed by atoms with van der Waals surface area (Å²) in [4.78, 5) is 32.0. The summed E-state index contributed by atoms with van der Waals surface area (Å²) in [6.07, 6.45) is 1.20. The Morgan fingerprint density at radius 2 is 1.41 bits per heavy atom. The molecule has 0 fully saturated rings. The van der Waals surface area contributed by atoms with Crippen LogP contribution in [0.5, 0.6) is 11.5 Å². The molecule has 0 unspecified atom stereocenters. The molecular formula is C30H25NO3. The lowest BCUT2D eigenvalue weighted by molar-refractivity contribution is -0.118. The van der Waals surface area contributed by atoms with E-state index >= 15 is 0 Å². The van der Waals surface area contributed by atoms with E-state index in [1.54, 1.807) is 0 Å². The molecule has 3 aromatic carbocycles. The molecule has 4 heteroatoms. The second-order valence-corrected chi connectivity index (χ2v) is 10.1. The second-order valence-electron chi connectivity index (χ2n) is 10.1. The number of allylic oxidation sites excluding steroid dienone is 2. The van der Waals surface area contributed by atoms with Gasteiger partial charge in [0.1, 0.15) is 11.5 Å². The Morgan fingerprint density at radius 3 is 2.15 bits per heavy atom. The Bertz CT molecular complexity index is 1380. The van der Waals surface area contributed by atoms with Crippen molar-refractivity contribution in [2.24, 2.45) is 16.3 Å². The fraction of sp³-hybridized carbons (Fsp3) is 0.233. The van der Waals surface area contributed by atoms with Gasteiger partial charge in [0.05, 0.1) is 11.6 Å². The summed E-state index contributed by atoms with van der Waals surface area (Å²) < 4.78 is 5.96. The fourth-order valence-corrected chi connectivity index (χ4v) is 5.61. The van der Waals surface area contributed by atoms with Crippen LogP contribution in [0.2, 0.25) is 0 Å². The summed E-state index contributed by atoms with van der Waals surface area (Å²) in [6, 6.07) is 25.1. The Balaban J connectivity index is 1.45. The van der Waals surface area contributed by atoms with E-state index in [9.17, 15) is 9.59 Å². The van der Waals surface area contributed by atoms with E-state index in [0.29, 0.717) is 23.3 Å². The normalized spacial score (nSPS) is 22.6. The van der Waals surface area contributed by atoms with Crippen molar-refractivity contribution in [3.8, 4) is 11.5 Å². The van der Waals surface area contributed by atoms with Crippen molar-refractivity contribution in [3.05, 3.63) is 107 Å². The smallest absolute Gasteiger partial charge is 0.173 e. The first-order chi connectivity index (χ1) is 16.4. The van der Waals surface area contributed by atoms with Crippen molar-refractivity contribution in [3.63, 3.8) is 0 Å². The Hall–Kier alpha value is -3.79. The first kappa shape index (κ1) is 20.8. The third-order valence-corrected chi connectivity index (χ3v) is 7.06. The maximum absolute atomic E-state index is 13.6. The number of nitrogens with zero attached hydrogens (tertiary/aromatic N) is 1. The molecule has 0 radical (unpaired) electrons. The summed E-state index contributed by atoms with van der Waals surface area (Å²) in [6.45, 7) is 4.22. The molecule has 0 saturated heterocycles. The number of hydrogen-bond donors (Lipinski definition) is 0. The van der Waals surface area contributed by atoms with Crippen LogP contribution in [0.3, 0.4) is 0 Å². The number of aliphatic imine (C=N–C) groups is 1. The monoisotopic (exact) mass is 447 g/mol. The second kappa shape index (κ2) is 7.63. The summed E-state index contributed by atoms with van der Waals surface area (Å²) in [5.41, 5.74) is 4.75. The van der Waals surface area contributed by atoms with Gasteiger partial charge in [0.2, 0.25) is 0 Å². The molecule has 3 aromatic rings. The molecule has 0 amide bonds. The number of Topliss-reactive ketones (excluding diaryl/α,β-unsaturated/α-hetero) is 2. The topological polar surface area (TPSA) is 55.7 Å². The van der Waals surface area contributed by atoms with Gasteiger partial charge in [-0.05, 0) is 41.7 Å². The first-order valence-electron chi connectivity index (χ1n) is 11.7. The lowest BCUT2D eigenvalue weighted by Gasteiger charge is -2.38. The van der Waals surface area contributed by atoms with Crippen LogP contribution < -0.4 is 4.74 Å². The number of para-hydroxylation sites is 1. The van der Waals surface area contributed by atoms with Crippen molar-refractivity contribution in [2.75, 3.05) is 0 Å². The standard InChI is InChI=1S/C30H25NO3/c1-30(2)16-23-26(24(32)17-30)25(27-28(31-23)21-10-6-7-11-22(21)29(27)33)18-12-14-20(15-13-18)34-19-8-4-3-5-9-19/h3-15,25,27H,16-17H2,1-2H3/t25-,27+/m0/s1. The minimum absolute atomic E-state index is 0.0492. The maximum Gasteiger partial charge on any atom is 0.173 e. The average molecular weight is 448 g/mol. The van der Waals surface area contributed by atoms with Crippen LogP contribution in [0.4, 0.5) is 0 Å². The van der Waals surface area contributed by atoms with E-state index in [0.717, 1.165) is 34.7 Å². The van der Waals surface area contributed by atoms with E-state index in [4.69, 9.17) is 9.73 Å². The number of ether oxygens (including phenoxy) is 1. The van der Waals surface area contributed by atoms with Gasteiger partial charge >= 0.3 is 0 Å². The highest BCUT2D eigenvalue weighted by molar-refractivity contribution is 6.30. The maximum atomic E-state index is 13.6. The van der Waals surface area contributed by atoms with E-state index < -0.39 is 5.92 Å². The molecule has 0 saturated carbocycles. The van der Waals surface area contributed by atoms with Crippen molar-refractivity contribution >= 4 is 17.3 Å². The van der Waals surface area contributed by atoms with Crippen molar-refractivity contribution in [2.45, 2.75) is 32.6 Å². The molecule has 34 heavy (non-hydrogen) atoms. The molecule has 0 spiro atoms. The van der Waals surface area contributed by atoms with E-state index in [-0.39, 0.29) is 22.9 Å². The fourth-order valence-electron chi connectivity index (χ4n) is 5.61. The zero-order valence-corrected chi connectivity index (χ0v) is 19.2. The van der Waals surface area contributed by atoms with Crippen LogP contribution >= 0.6 is 0 Å². The molecule has 2 aliphatic carbocycles. The highest BCUT2D eigenvalue weighted by Crippen LogP contribution is 2.51. The van der Waals surface area contributed by atoms with Crippen molar-refractivity contribution < 1.29 is 14.3 Å². The van der Waals surface area contributed by atoms with Crippen molar-refractivity contribution in [1.82, 2.24) is 0 Å². The Morgan fingerprint density at radius 1 is 0.765 bits per heavy atom. The molecule has 6 rings (SSSR count). The first-order valence-corrected chi connectivity index (χ1v) is 11.7. The van der Waals surface area contributed by atoms with Gasteiger partial charge in [0.15, 0.2) is 11.6 Å². The predicted octanol–water partition coefficient (Wildman–Crippen LogP) is 6.52. The number of fused-ring (bicyclic) bond motifs is 3. The van der Waals surface area contributed by atoms with Crippen LogP contribution in [0.1, 0.15) is 54.1 Å². The van der Waals surface area contributed by atoms with E-state index in [1.165, 1.54) is 0 Å². The molecule has 168 valence electrons. The molecule has 0 N–H and O–H groups in total. The number of benzene rings is 3. The molecule has 4 nitrogen and oxygen atoms in total. The van der Waals surface area contributed by atoms with Gasteiger partial charge in [-0.2, -0.15) is 0 Å². The molecule has 0 aromatic heterocycles. The number of ketones is 2. The van der Waals surface area contributed by atoms with Gasteiger partial charge in [-0.25, -0.2) is 0 Å². The van der Waals surface area contributed by atoms with Gasteiger partial charge in [-0.1, -0.05) is 68.4 Å². The van der Waals surface area contributed by atoms with Gasteiger partial charge in [0, 0.05) is 34.7 Å². The predicted molar refractivity (Wildman–Crippen MR) is 132 cm³/mol. The largest absolute Gasteiger partial charge is 0.457 e. The van der Waals surface area contributed by atoms with Crippen LogP contribution in [-0.4, -0.2) is 17.3 Å². The van der Waals surface area contributed by atoms with E-state index in [2.05, 4.69) is 13.8 Å². The number of hydrogen-bond acceptors (Lipinski definition) is 4. The zero-order valence-electron chi connectivity index (χ0n) is 19.2. The molecule has 3 aliphatic rings. The summed E-state index contributed by atoms with van der Waals surface area (Å²) >= 11 is 0. The minimum atomic E-state index is -0.470. The van der Waals surface area contributed by atoms with Crippen LogP contribution in [0, 0.1) is 11.3 Å². The molecule has 0 bridgehead atoms. The summed E-state index contributed by atoms with van der Waals surface area (Å²) in [7, 11) is 0. The molecule has 1 heterocycles. The zero-order chi connectivity index (χ0) is 23.4. The number of carbonyl (C=O) groups is 2. The van der Waals surface area contributed by atoms with Crippen LogP contribution in [0.15, 0.2) is 95.1 Å². The number of carbonyl (C=O) groups excluding carboxylic acids is 2. The van der Waals surface area contributed by atoms with E-state index in [1.807, 2.05) is 78.9 Å². The highest BCUT2D eigenvalue weighted by atomic mass is 16.5. The third kappa shape index (κ3) is 3.33. The third-order valence-electron chi connectivity index (χ3n) is 7.06. The van der Waals surface area contributed by atoms with Crippen LogP contribution in [0.25, 0.3) is 0 Å². The lowest BCUT2D eigenvalue weighted by Crippen LogP contribution is -2.37. The Labute approximate surface area is 199 Å².